The Morgan fingerprint density at radius 1 is 1.50 bits per heavy atom. The fourth-order valence-corrected chi connectivity index (χ4v) is 2.34. The fourth-order valence-electron chi connectivity index (χ4n) is 1.66. The molecule has 0 saturated heterocycles. The van der Waals surface area contributed by atoms with E-state index in [1.54, 1.807) is 0 Å². The van der Waals surface area contributed by atoms with Gasteiger partial charge in [0.15, 0.2) is 0 Å². The summed E-state index contributed by atoms with van der Waals surface area (Å²) >= 11 is 7.41. The summed E-state index contributed by atoms with van der Waals surface area (Å²) in [5, 5.41) is 13.3. The first-order valence-electron chi connectivity index (χ1n) is 6.22. The van der Waals surface area contributed by atoms with E-state index in [1.165, 1.54) is 31.0 Å². The second kappa shape index (κ2) is 8.60. The molecule has 1 aromatic carbocycles. The fraction of sp³-hybridized carbons (Fsp3) is 0.385. The van der Waals surface area contributed by atoms with E-state index in [4.69, 9.17) is 11.6 Å². The zero-order chi connectivity index (χ0) is 16.7. The molecule has 9 heteroatoms. The van der Waals surface area contributed by atoms with Crippen LogP contribution in [0.3, 0.4) is 0 Å². The maximum absolute atomic E-state index is 12.2. The Morgan fingerprint density at radius 3 is 2.73 bits per heavy atom. The third-order valence-corrected chi connectivity index (χ3v) is 3.78. The number of non-ortho nitro benzene ring substituents is 1. The highest BCUT2D eigenvalue weighted by Gasteiger charge is 2.24. The number of methoxy groups -OCH3 is 1. The summed E-state index contributed by atoms with van der Waals surface area (Å²) in [6, 6.07) is 2.70. The zero-order valence-electron chi connectivity index (χ0n) is 12.0. The minimum absolute atomic E-state index is 0.0612. The van der Waals surface area contributed by atoms with Gasteiger partial charge in [-0.25, -0.2) is 4.79 Å². The lowest BCUT2D eigenvalue weighted by atomic mass is 10.1. The minimum Gasteiger partial charge on any atom is -0.467 e. The van der Waals surface area contributed by atoms with Crippen molar-refractivity contribution in [1.29, 1.82) is 0 Å². The number of hydrogen-bond acceptors (Lipinski definition) is 6. The molecular formula is C13H15ClN2O5S. The van der Waals surface area contributed by atoms with Crippen molar-refractivity contribution in [3.63, 3.8) is 0 Å². The van der Waals surface area contributed by atoms with Crippen LogP contribution in [-0.4, -0.2) is 42.0 Å². The van der Waals surface area contributed by atoms with Gasteiger partial charge in [0.05, 0.1) is 22.6 Å². The molecule has 0 saturated carbocycles. The van der Waals surface area contributed by atoms with E-state index in [1.807, 2.05) is 6.26 Å². The van der Waals surface area contributed by atoms with Crippen molar-refractivity contribution in [2.24, 2.45) is 0 Å². The summed E-state index contributed by atoms with van der Waals surface area (Å²) in [5.74, 6) is -0.600. The summed E-state index contributed by atoms with van der Waals surface area (Å²) in [5.41, 5.74) is -0.317. The molecule has 0 unspecified atom stereocenters. The lowest BCUT2D eigenvalue weighted by molar-refractivity contribution is -0.384. The highest BCUT2D eigenvalue weighted by molar-refractivity contribution is 7.98. The van der Waals surface area contributed by atoms with E-state index >= 15 is 0 Å². The van der Waals surface area contributed by atoms with Crippen LogP contribution in [0, 0.1) is 10.1 Å². The van der Waals surface area contributed by atoms with Crippen LogP contribution >= 0.6 is 23.4 Å². The number of halogens is 1. The Bertz CT molecular complexity index is 582. The van der Waals surface area contributed by atoms with Gasteiger partial charge in [0.25, 0.3) is 11.6 Å². The average molecular weight is 347 g/mol. The average Bonchev–Trinajstić information content (AvgIpc) is 2.50. The van der Waals surface area contributed by atoms with Crippen molar-refractivity contribution in [2.75, 3.05) is 19.1 Å². The Balaban J connectivity index is 2.96. The first-order chi connectivity index (χ1) is 10.4. The highest BCUT2D eigenvalue weighted by Crippen LogP contribution is 2.22. The first kappa shape index (κ1) is 18.2. The van der Waals surface area contributed by atoms with Crippen molar-refractivity contribution in [3.8, 4) is 0 Å². The van der Waals surface area contributed by atoms with Gasteiger partial charge in [0, 0.05) is 12.1 Å². The Morgan fingerprint density at radius 2 is 2.18 bits per heavy atom. The normalized spacial score (nSPS) is 11.6. The minimum atomic E-state index is -0.833. The van der Waals surface area contributed by atoms with Crippen LogP contribution in [0.1, 0.15) is 16.8 Å². The number of thioether (sulfide) groups is 1. The Kier molecular flexibility index (Phi) is 7.13. The third kappa shape index (κ3) is 4.88. The maximum atomic E-state index is 12.2. The molecule has 0 fully saturated rings. The number of benzene rings is 1. The molecule has 120 valence electrons. The van der Waals surface area contributed by atoms with E-state index in [2.05, 4.69) is 10.1 Å². The SMILES string of the molecule is COC(=O)[C@H](CCSC)NC(=O)c1cc([N+](=O)[O-])ccc1Cl. The van der Waals surface area contributed by atoms with Crippen molar-refractivity contribution < 1.29 is 19.2 Å². The topological polar surface area (TPSA) is 98.5 Å². The molecule has 0 heterocycles. The maximum Gasteiger partial charge on any atom is 0.328 e. The van der Waals surface area contributed by atoms with Crippen LogP contribution in [0.4, 0.5) is 5.69 Å². The van der Waals surface area contributed by atoms with Crippen molar-refractivity contribution in [1.82, 2.24) is 5.32 Å². The van der Waals surface area contributed by atoms with E-state index in [0.29, 0.717) is 12.2 Å². The Hall–Kier alpha value is -1.80. The summed E-state index contributed by atoms with van der Waals surface area (Å²) in [6.45, 7) is 0. The van der Waals surface area contributed by atoms with Crippen LogP contribution in [0.2, 0.25) is 5.02 Å². The van der Waals surface area contributed by atoms with E-state index in [9.17, 15) is 19.7 Å². The monoisotopic (exact) mass is 346 g/mol. The standard InChI is InChI=1S/C13H15ClN2O5S/c1-21-13(18)11(5-6-22-2)15-12(17)9-7-8(16(19)20)3-4-10(9)14/h3-4,7,11H,5-6H2,1-2H3,(H,15,17)/t11-/m0/s1. The second-order valence-electron chi connectivity index (χ2n) is 4.25. The summed E-state index contributed by atoms with van der Waals surface area (Å²) < 4.78 is 4.63. The highest BCUT2D eigenvalue weighted by atomic mass is 35.5. The van der Waals surface area contributed by atoms with Gasteiger partial charge in [-0.1, -0.05) is 11.6 Å². The number of amides is 1. The van der Waals surface area contributed by atoms with Crippen LogP contribution in [-0.2, 0) is 9.53 Å². The van der Waals surface area contributed by atoms with Gasteiger partial charge >= 0.3 is 5.97 Å². The van der Waals surface area contributed by atoms with Gasteiger partial charge in [-0.05, 0) is 24.5 Å². The van der Waals surface area contributed by atoms with Gasteiger partial charge in [-0.2, -0.15) is 11.8 Å². The number of ether oxygens (including phenoxy) is 1. The van der Waals surface area contributed by atoms with E-state index in [0.717, 1.165) is 6.07 Å². The lowest BCUT2D eigenvalue weighted by Gasteiger charge is -2.16. The Labute approximate surface area is 136 Å². The lowest BCUT2D eigenvalue weighted by Crippen LogP contribution is -2.42. The molecular weight excluding hydrogens is 332 g/mol. The molecule has 22 heavy (non-hydrogen) atoms. The molecule has 1 N–H and O–H groups in total. The van der Waals surface area contributed by atoms with Gasteiger partial charge in [-0.3, -0.25) is 14.9 Å². The molecule has 7 nitrogen and oxygen atoms in total. The molecule has 0 aliphatic rings. The molecule has 1 aromatic rings. The number of hydrogen-bond donors (Lipinski definition) is 1. The van der Waals surface area contributed by atoms with Gasteiger partial charge in [0.1, 0.15) is 6.04 Å². The third-order valence-electron chi connectivity index (χ3n) is 2.81. The summed E-state index contributed by atoms with van der Waals surface area (Å²) in [6.07, 6.45) is 2.25. The van der Waals surface area contributed by atoms with Crippen molar-refractivity contribution >= 4 is 40.9 Å². The molecule has 1 atom stereocenters. The van der Waals surface area contributed by atoms with E-state index < -0.39 is 22.8 Å². The number of nitro benzene ring substituents is 1. The molecule has 0 aromatic heterocycles. The number of nitrogens with one attached hydrogen (secondary N) is 1. The predicted octanol–water partition coefficient (Wildman–Crippen LogP) is 2.27. The quantitative estimate of drug-likeness (QED) is 0.462. The summed E-state index contributed by atoms with van der Waals surface area (Å²) in [4.78, 5) is 34.0. The largest absolute Gasteiger partial charge is 0.467 e. The van der Waals surface area contributed by atoms with Crippen molar-refractivity contribution in [2.45, 2.75) is 12.5 Å². The van der Waals surface area contributed by atoms with Crippen LogP contribution in [0.15, 0.2) is 18.2 Å². The molecule has 0 aliphatic heterocycles. The summed E-state index contributed by atoms with van der Waals surface area (Å²) in [7, 11) is 1.22. The number of nitrogens with zero attached hydrogens (tertiary/aromatic N) is 1. The zero-order valence-corrected chi connectivity index (χ0v) is 13.6. The molecule has 0 bridgehead atoms. The number of carbonyl (C=O) groups excluding carboxylic acids is 2. The number of rotatable bonds is 7. The second-order valence-corrected chi connectivity index (χ2v) is 5.64. The van der Waals surface area contributed by atoms with Gasteiger partial charge in [-0.15, -0.1) is 0 Å². The molecule has 0 radical (unpaired) electrons. The number of carbonyl (C=O) groups is 2. The molecule has 1 amide bonds. The molecule has 0 spiro atoms. The molecule has 1 rings (SSSR count). The van der Waals surface area contributed by atoms with Gasteiger partial charge < -0.3 is 10.1 Å². The van der Waals surface area contributed by atoms with Crippen LogP contribution in [0.25, 0.3) is 0 Å². The van der Waals surface area contributed by atoms with Crippen molar-refractivity contribution in [3.05, 3.63) is 38.9 Å². The van der Waals surface area contributed by atoms with Gasteiger partial charge in [0.2, 0.25) is 0 Å². The first-order valence-corrected chi connectivity index (χ1v) is 7.99. The number of nitro groups is 1. The van der Waals surface area contributed by atoms with Crippen LogP contribution < -0.4 is 5.32 Å². The molecule has 0 aliphatic carbocycles. The smallest absolute Gasteiger partial charge is 0.328 e. The van der Waals surface area contributed by atoms with E-state index in [-0.39, 0.29) is 16.3 Å². The number of esters is 1. The predicted molar refractivity (Wildman–Crippen MR) is 84.4 cm³/mol. The van der Waals surface area contributed by atoms with Crippen LogP contribution in [0.5, 0.6) is 0 Å².